The Labute approximate surface area is 244 Å². The Kier molecular flexibility index (Phi) is 7.21. The number of aryl methyl sites for hydroxylation is 1. The number of nitrogens with zero attached hydrogens (tertiary/aromatic N) is 2. The standard InChI is InChI=1S/C32H27BrN2O4S/c1-4-14-39-30-25(33)15-19(16-26(30)38-3)17-27-31(36)35-29(21-9-7-10-22(18-21)37-2)24-13-12-20-8-5-6-11-23(20)28(24)34-32(35)40-27/h4-11,15-18,29H,1,12-14H2,2-3H3/b27-17+/t29-/m1/s1. The van der Waals surface area contributed by atoms with Gasteiger partial charge in [-0.2, -0.15) is 0 Å². The smallest absolute Gasteiger partial charge is 0.271 e. The van der Waals surface area contributed by atoms with Gasteiger partial charge in [-0.15, -0.1) is 0 Å². The van der Waals surface area contributed by atoms with E-state index in [-0.39, 0.29) is 11.6 Å². The van der Waals surface area contributed by atoms with Crippen molar-refractivity contribution in [3.05, 3.63) is 125 Å². The van der Waals surface area contributed by atoms with Gasteiger partial charge in [-0.25, -0.2) is 4.99 Å². The lowest BCUT2D eigenvalue weighted by Gasteiger charge is -2.31. The molecule has 0 N–H and O–H groups in total. The fourth-order valence-electron chi connectivity index (χ4n) is 5.39. The first-order chi connectivity index (χ1) is 19.5. The van der Waals surface area contributed by atoms with Crippen LogP contribution in [0.1, 0.15) is 34.7 Å². The Bertz CT molecular complexity index is 1850. The number of methoxy groups -OCH3 is 2. The third-order valence-corrected chi connectivity index (χ3v) is 8.75. The minimum absolute atomic E-state index is 0.0796. The molecule has 1 aliphatic heterocycles. The third kappa shape index (κ3) is 4.61. The molecule has 0 bridgehead atoms. The first kappa shape index (κ1) is 26.3. The summed E-state index contributed by atoms with van der Waals surface area (Å²) in [4.78, 5) is 19.8. The Morgan fingerprint density at radius 2 is 1.95 bits per heavy atom. The summed E-state index contributed by atoms with van der Waals surface area (Å²) in [6.45, 7) is 4.06. The van der Waals surface area contributed by atoms with Crippen molar-refractivity contribution in [1.29, 1.82) is 0 Å². The molecule has 1 aliphatic carbocycles. The van der Waals surface area contributed by atoms with Crippen molar-refractivity contribution in [3.8, 4) is 17.2 Å². The molecule has 40 heavy (non-hydrogen) atoms. The van der Waals surface area contributed by atoms with Gasteiger partial charge < -0.3 is 14.2 Å². The van der Waals surface area contributed by atoms with Gasteiger partial charge in [0.05, 0.1) is 35.0 Å². The van der Waals surface area contributed by atoms with E-state index in [0.29, 0.717) is 27.4 Å². The number of halogens is 1. The van der Waals surface area contributed by atoms with Crippen molar-refractivity contribution in [3.63, 3.8) is 0 Å². The van der Waals surface area contributed by atoms with Crippen LogP contribution < -0.4 is 29.1 Å². The molecule has 0 fully saturated rings. The van der Waals surface area contributed by atoms with Crippen LogP contribution in [0.5, 0.6) is 17.2 Å². The molecule has 0 unspecified atom stereocenters. The molecule has 0 saturated heterocycles. The van der Waals surface area contributed by atoms with E-state index in [4.69, 9.17) is 19.2 Å². The van der Waals surface area contributed by atoms with E-state index in [1.807, 2.05) is 47.0 Å². The van der Waals surface area contributed by atoms with Crippen LogP contribution in [-0.4, -0.2) is 25.4 Å². The van der Waals surface area contributed by atoms with Crippen LogP contribution in [0, 0.1) is 0 Å². The summed E-state index contributed by atoms with van der Waals surface area (Å²) in [6, 6.07) is 19.9. The number of hydrogen-bond acceptors (Lipinski definition) is 6. The van der Waals surface area contributed by atoms with E-state index in [1.54, 1.807) is 20.3 Å². The summed E-state index contributed by atoms with van der Waals surface area (Å²) in [5.41, 5.74) is 6.27. The maximum atomic E-state index is 14.1. The van der Waals surface area contributed by atoms with Crippen LogP contribution >= 0.6 is 27.3 Å². The van der Waals surface area contributed by atoms with Gasteiger partial charge in [-0.05, 0) is 81.4 Å². The number of hydrogen-bond donors (Lipinski definition) is 0. The van der Waals surface area contributed by atoms with Crippen LogP contribution in [0.25, 0.3) is 11.8 Å². The van der Waals surface area contributed by atoms with Crippen LogP contribution in [0.2, 0.25) is 0 Å². The lowest BCUT2D eigenvalue weighted by atomic mass is 9.83. The molecule has 2 heterocycles. The molecule has 0 radical (unpaired) electrons. The predicted octanol–water partition coefficient (Wildman–Crippen LogP) is 5.66. The van der Waals surface area contributed by atoms with Gasteiger partial charge in [0, 0.05) is 5.56 Å². The molecule has 8 heteroatoms. The van der Waals surface area contributed by atoms with E-state index < -0.39 is 0 Å². The van der Waals surface area contributed by atoms with Crippen molar-refractivity contribution < 1.29 is 14.2 Å². The third-order valence-electron chi connectivity index (χ3n) is 7.18. The van der Waals surface area contributed by atoms with Crippen molar-refractivity contribution in [2.75, 3.05) is 20.8 Å². The zero-order chi connectivity index (χ0) is 27.8. The minimum Gasteiger partial charge on any atom is -0.497 e. The number of allylic oxidation sites excluding steroid dienone is 1. The number of aromatic nitrogens is 1. The van der Waals surface area contributed by atoms with Crippen LogP contribution in [0.4, 0.5) is 0 Å². The second kappa shape index (κ2) is 10.9. The fraction of sp³-hybridized carbons (Fsp3) is 0.188. The number of rotatable bonds is 7. The zero-order valence-electron chi connectivity index (χ0n) is 22.1. The van der Waals surface area contributed by atoms with Crippen molar-refractivity contribution in [1.82, 2.24) is 4.57 Å². The van der Waals surface area contributed by atoms with Crippen molar-refractivity contribution in [2.45, 2.75) is 18.9 Å². The van der Waals surface area contributed by atoms with E-state index in [2.05, 4.69) is 46.8 Å². The van der Waals surface area contributed by atoms with E-state index in [0.717, 1.165) is 51.0 Å². The molecule has 2 aliphatic rings. The van der Waals surface area contributed by atoms with Gasteiger partial charge in [-0.1, -0.05) is 60.4 Å². The molecule has 0 spiro atoms. The summed E-state index contributed by atoms with van der Waals surface area (Å²) >= 11 is 4.99. The molecule has 1 aromatic heterocycles. The second-order valence-electron chi connectivity index (χ2n) is 9.52. The molecular weight excluding hydrogens is 588 g/mol. The topological polar surface area (TPSA) is 62.0 Å². The normalized spacial score (nSPS) is 16.0. The molecule has 0 saturated carbocycles. The summed E-state index contributed by atoms with van der Waals surface area (Å²) < 4.78 is 20.1. The van der Waals surface area contributed by atoms with E-state index >= 15 is 0 Å². The largest absolute Gasteiger partial charge is 0.497 e. The van der Waals surface area contributed by atoms with Gasteiger partial charge in [0.15, 0.2) is 16.3 Å². The van der Waals surface area contributed by atoms with Gasteiger partial charge >= 0.3 is 0 Å². The molecule has 1 atom stereocenters. The highest BCUT2D eigenvalue weighted by molar-refractivity contribution is 9.10. The van der Waals surface area contributed by atoms with Crippen LogP contribution in [0.15, 0.2) is 93.2 Å². The average molecular weight is 616 g/mol. The van der Waals surface area contributed by atoms with Gasteiger partial charge in [0.25, 0.3) is 5.56 Å². The Balaban J connectivity index is 1.56. The van der Waals surface area contributed by atoms with Gasteiger partial charge in [0.1, 0.15) is 12.4 Å². The molecule has 3 aromatic carbocycles. The summed E-state index contributed by atoms with van der Waals surface area (Å²) in [5, 5.41) is 0. The highest BCUT2D eigenvalue weighted by Gasteiger charge is 2.32. The van der Waals surface area contributed by atoms with Crippen molar-refractivity contribution >= 4 is 39.0 Å². The molecule has 6 nitrogen and oxygen atoms in total. The number of benzene rings is 3. The Hall–Kier alpha value is -3.88. The summed E-state index contributed by atoms with van der Waals surface area (Å²) in [5.74, 6) is 1.91. The fourth-order valence-corrected chi connectivity index (χ4v) is 6.97. The Morgan fingerprint density at radius 1 is 1.10 bits per heavy atom. The quantitative estimate of drug-likeness (QED) is 0.252. The van der Waals surface area contributed by atoms with Gasteiger partial charge in [-0.3, -0.25) is 9.36 Å². The van der Waals surface area contributed by atoms with Crippen molar-refractivity contribution in [2.24, 2.45) is 4.99 Å². The SMILES string of the molecule is C=CCOc1c(Br)cc(/C=c2/sc3n(c2=O)[C@H](c2cccc(OC)c2)C2=C(N=3)c3ccccc3CC2)cc1OC. The van der Waals surface area contributed by atoms with E-state index in [9.17, 15) is 4.79 Å². The molecule has 0 amide bonds. The lowest BCUT2D eigenvalue weighted by Crippen LogP contribution is -2.38. The second-order valence-corrected chi connectivity index (χ2v) is 11.4. The molecule has 4 aromatic rings. The zero-order valence-corrected chi connectivity index (χ0v) is 24.6. The Morgan fingerprint density at radius 3 is 2.75 bits per heavy atom. The first-order valence-corrected chi connectivity index (χ1v) is 14.5. The number of fused-ring (bicyclic) bond motifs is 3. The van der Waals surface area contributed by atoms with Crippen LogP contribution in [0.3, 0.4) is 0 Å². The van der Waals surface area contributed by atoms with Crippen LogP contribution in [-0.2, 0) is 6.42 Å². The summed E-state index contributed by atoms with van der Waals surface area (Å²) in [6.07, 6.45) is 5.30. The molecular formula is C32H27BrN2O4S. The van der Waals surface area contributed by atoms with E-state index in [1.165, 1.54) is 16.9 Å². The predicted molar refractivity (Wildman–Crippen MR) is 162 cm³/mol. The maximum absolute atomic E-state index is 14.1. The lowest BCUT2D eigenvalue weighted by molar-refractivity contribution is 0.324. The highest BCUT2D eigenvalue weighted by atomic mass is 79.9. The molecule has 6 rings (SSSR count). The monoisotopic (exact) mass is 614 g/mol. The highest BCUT2D eigenvalue weighted by Crippen LogP contribution is 2.42. The van der Waals surface area contributed by atoms with Gasteiger partial charge in [0.2, 0.25) is 0 Å². The first-order valence-electron chi connectivity index (χ1n) is 12.9. The summed E-state index contributed by atoms with van der Waals surface area (Å²) in [7, 11) is 3.25. The maximum Gasteiger partial charge on any atom is 0.271 e. The number of thiazole rings is 1. The average Bonchev–Trinajstić information content (AvgIpc) is 3.29. The minimum atomic E-state index is -0.271. The molecule has 202 valence electrons. The number of ether oxygens (including phenoxy) is 3.